The van der Waals surface area contributed by atoms with E-state index in [0.717, 1.165) is 24.3 Å². The van der Waals surface area contributed by atoms with E-state index in [2.05, 4.69) is 0 Å². The molecule has 1 heterocycles. The largest absolute Gasteiger partial charge is 0.480 e. The molecular formula is C14H10F3NO3. The van der Waals surface area contributed by atoms with Crippen LogP contribution in [0.3, 0.4) is 0 Å². The molecule has 0 radical (unpaired) electrons. The Bertz CT molecular complexity index is 672. The van der Waals surface area contributed by atoms with Gasteiger partial charge in [-0.25, -0.2) is 0 Å². The lowest BCUT2D eigenvalue weighted by Gasteiger charge is -2.06. The number of hydrogen-bond acceptors (Lipinski definition) is 2. The Balaban J connectivity index is 2.20. The van der Waals surface area contributed by atoms with Gasteiger partial charge in [-0.2, -0.15) is 13.2 Å². The number of nitrogens with zero attached hydrogens (tertiary/aromatic N) is 1. The van der Waals surface area contributed by atoms with Crippen molar-refractivity contribution < 1.29 is 27.9 Å². The molecule has 1 aromatic carbocycles. The first-order valence-corrected chi connectivity index (χ1v) is 5.87. The average Bonchev–Trinajstić information content (AvgIpc) is 2.84. The first-order chi connectivity index (χ1) is 9.77. The number of aromatic nitrogens is 1. The first-order valence-electron chi connectivity index (χ1n) is 5.87. The van der Waals surface area contributed by atoms with Crippen molar-refractivity contribution in [1.29, 1.82) is 0 Å². The fourth-order valence-electron chi connectivity index (χ4n) is 1.81. The zero-order valence-electron chi connectivity index (χ0n) is 10.6. The van der Waals surface area contributed by atoms with Gasteiger partial charge in [0.1, 0.15) is 6.54 Å². The fourth-order valence-corrected chi connectivity index (χ4v) is 1.81. The van der Waals surface area contributed by atoms with Crippen molar-refractivity contribution in [3.63, 3.8) is 0 Å². The third-order valence-electron chi connectivity index (χ3n) is 2.80. The van der Waals surface area contributed by atoms with Crippen LogP contribution < -0.4 is 0 Å². The second-order valence-corrected chi connectivity index (χ2v) is 4.37. The highest BCUT2D eigenvalue weighted by Crippen LogP contribution is 2.29. The van der Waals surface area contributed by atoms with E-state index in [1.165, 1.54) is 23.0 Å². The van der Waals surface area contributed by atoms with E-state index in [1.54, 1.807) is 0 Å². The number of rotatable bonds is 4. The molecule has 0 amide bonds. The van der Waals surface area contributed by atoms with Gasteiger partial charge in [0.05, 0.1) is 5.56 Å². The summed E-state index contributed by atoms with van der Waals surface area (Å²) in [5.41, 5.74) is -0.505. The van der Waals surface area contributed by atoms with Gasteiger partial charge >= 0.3 is 12.1 Å². The number of aliphatic carboxylic acids is 1. The number of ketones is 1. The molecule has 0 aliphatic heterocycles. The summed E-state index contributed by atoms with van der Waals surface area (Å²) in [5.74, 6) is -1.52. The van der Waals surface area contributed by atoms with Crippen molar-refractivity contribution >= 4 is 11.8 Å². The van der Waals surface area contributed by atoms with Crippen molar-refractivity contribution in [2.24, 2.45) is 0 Å². The van der Waals surface area contributed by atoms with Crippen LogP contribution in [-0.2, 0) is 17.5 Å². The van der Waals surface area contributed by atoms with Gasteiger partial charge in [0.2, 0.25) is 0 Å². The lowest BCUT2D eigenvalue weighted by Crippen LogP contribution is -2.07. The van der Waals surface area contributed by atoms with Crippen LogP contribution in [0.15, 0.2) is 42.7 Å². The summed E-state index contributed by atoms with van der Waals surface area (Å²) in [6.07, 6.45) is -1.69. The molecule has 0 spiro atoms. The van der Waals surface area contributed by atoms with Gasteiger partial charge in [-0.15, -0.1) is 0 Å². The summed E-state index contributed by atoms with van der Waals surface area (Å²) in [6, 6.07) is 5.28. The van der Waals surface area contributed by atoms with Crippen molar-refractivity contribution in [1.82, 2.24) is 4.57 Å². The van der Waals surface area contributed by atoms with Crippen LogP contribution in [0.1, 0.15) is 21.5 Å². The Kier molecular flexibility index (Phi) is 3.84. The third-order valence-corrected chi connectivity index (χ3v) is 2.80. The third kappa shape index (κ3) is 3.50. The number of hydrogen-bond donors (Lipinski definition) is 1. The van der Waals surface area contributed by atoms with Crippen LogP contribution in [0.2, 0.25) is 0 Å². The Morgan fingerprint density at radius 3 is 2.19 bits per heavy atom. The van der Waals surface area contributed by atoms with Crippen LogP contribution in [-0.4, -0.2) is 21.4 Å². The Labute approximate surface area is 117 Å². The molecule has 0 bridgehead atoms. The molecule has 2 aromatic rings. The average molecular weight is 297 g/mol. The SMILES string of the molecule is O=C(O)Cn1ccc(C(=O)c2ccc(C(F)(F)F)cc2)c1. The van der Waals surface area contributed by atoms with E-state index in [1.807, 2.05) is 0 Å². The molecule has 1 N–H and O–H groups in total. The summed E-state index contributed by atoms with van der Waals surface area (Å²) >= 11 is 0. The van der Waals surface area contributed by atoms with E-state index in [9.17, 15) is 22.8 Å². The predicted molar refractivity (Wildman–Crippen MR) is 66.9 cm³/mol. The van der Waals surface area contributed by atoms with Gasteiger partial charge in [0.15, 0.2) is 5.78 Å². The maximum Gasteiger partial charge on any atom is 0.416 e. The minimum Gasteiger partial charge on any atom is -0.480 e. The fraction of sp³-hybridized carbons (Fsp3) is 0.143. The highest BCUT2D eigenvalue weighted by atomic mass is 19.4. The van der Waals surface area contributed by atoms with Crippen LogP contribution >= 0.6 is 0 Å². The standard InChI is InChI=1S/C14H10F3NO3/c15-14(16,17)11-3-1-9(2-4-11)13(21)10-5-6-18(7-10)8-12(19)20/h1-7H,8H2,(H,19,20). The molecule has 0 fully saturated rings. The number of carboxylic acid groups (broad SMARTS) is 1. The quantitative estimate of drug-likeness (QED) is 0.883. The molecule has 2 rings (SSSR count). The molecule has 0 saturated carbocycles. The molecule has 21 heavy (non-hydrogen) atoms. The second-order valence-electron chi connectivity index (χ2n) is 4.37. The highest BCUT2D eigenvalue weighted by molar-refractivity contribution is 6.08. The maximum atomic E-state index is 12.4. The minimum atomic E-state index is -4.45. The zero-order valence-corrected chi connectivity index (χ0v) is 10.6. The number of carbonyl (C=O) groups excluding carboxylic acids is 1. The first kappa shape index (κ1) is 14.8. The van der Waals surface area contributed by atoms with Crippen molar-refractivity contribution in [2.45, 2.75) is 12.7 Å². The molecular weight excluding hydrogens is 287 g/mol. The lowest BCUT2D eigenvalue weighted by molar-refractivity contribution is -0.138. The number of carbonyl (C=O) groups is 2. The second kappa shape index (κ2) is 5.43. The minimum absolute atomic E-state index is 0.107. The number of halogens is 3. The van der Waals surface area contributed by atoms with Gasteiger partial charge < -0.3 is 9.67 Å². The van der Waals surface area contributed by atoms with Gasteiger partial charge in [-0.1, -0.05) is 12.1 Å². The molecule has 0 aliphatic rings. The van der Waals surface area contributed by atoms with E-state index < -0.39 is 23.5 Å². The van der Waals surface area contributed by atoms with E-state index in [4.69, 9.17) is 5.11 Å². The Hall–Kier alpha value is -2.57. The number of benzene rings is 1. The molecule has 0 atom stereocenters. The van der Waals surface area contributed by atoms with Crippen molar-refractivity contribution in [3.8, 4) is 0 Å². The summed E-state index contributed by atoms with van der Waals surface area (Å²) in [4.78, 5) is 22.6. The molecule has 0 unspecified atom stereocenters. The van der Waals surface area contributed by atoms with Crippen LogP contribution in [0.25, 0.3) is 0 Å². The summed E-state index contributed by atoms with van der Waals surface area (Å²) in [7, 11) is 0. The number of carboxylic acids is 1. The van der Waals surface area contributed by atoms with Crippen LogP contribution in [0.4, 0.5) is 13.2 Å². The summed E-state index contributed by atoms with van der Waals surface area (Å²) in [6.45, 7) is -0.291. The van der Waals surface area contributed by atoms with Crippen LogP contribution in [0.5, 0.6) is 0 Å². The van der Waals surface area contributed by atoms with Gasteiger partial charge in [-0.3, -0.25) is 9.59 Å². The smallest absolute Gasteiger partial charge is 0.416 e. The molecule has 4 nitrogen and oxygen atoms in total. The van der Waals surface area contributed by atoms with Crippen molar-refractivity contribution in [2.75, 3.05) is 0 Å². The van der Waals surface area contributed by atoms with Crippen LogP contribution in [0, 0.1) is 0 Å². The Morgan fingerprint density at radius 2 is 1.67 bits per heavy atom. The van der Waals surface area contributed by atoms with Gasteiger partial charge in [0, 0.05) is 23.5 Å². The highest BCUT2D eigenvalue weighted by Gasteiger charge is 2.30. The molecule has 110 valence electrons. The predicted octanol–water partition coefficient (Wildman–Crippen LogP) is 2.82. The monoisotopic (exact) mass is 297 g/mol. The Morgan fingerprint density at radius 1 is 1.05 bits per heavy atom. The number of alkyl halides is 3. The molecule has 0 saturated heterocycles. The van der Waals surface area contributed by atoms with E-state index in [-0.39, 0.29) is 17.7 Å². The zero-order chi connectivity index (χ0) is 15.6. The van der Waals surface area contributed by atoms with Gasteiger partial charge in [-0.05, 0) is 18.2 Å². The molecule has 7 heteroatoms. The van der Waals surface area contributed by atoms with Gasteiger partial charge in [0.25, 0.3) is 0 Å². The topological polar surface area (TPSA) is 59.3 Å². The molecule has 0 aliphatic carbocycles. The summed E-state index contributed by atoms with van der Waals surface area (Å²) in [5, 5.41) is 8.63. The van der Waals surface area contributed by atoms with Crippen molar-refractivity contribution in [3.05, 3.63) is 59.4 Å². The lowest BCUT2D eigenvalue weighted by atomic mass is 10.0. The van der Waals surface area contributed by atoms with E-state index in [0.29, 0.717) is 0 Å². The summed E-state index contributed by atoms with van der Waals surface area (Å²) < 4.78 is 38.6. The van der Waals surface area contributed by atoms with E-state index >= 15 is 0 Å². The maximum absolute atomic E-state index is 12.4. The molecule has 1 aromatic heterocycles. The normalized spacial score (nSPS) is 11.4.